The smallest absolute Gasteiger partial charge is 0.270 e. The number of Topliss-reactive ketones (excluding diaryl/α,β-unsaturated/α-hetero) is 1. The Hall–Kier alpha value is -4.00. The van der Waals surface area contributed by atoms with Crippen LogP contribution in [0.2, 0.25) is 0 Å². The molecular weight excluding hydrogens is 406 g/mol. The molecule has 0 unspecified atom stereocenters. The van der Waals surface area contributed by atoms with Gasteiger partial charge in [0.25, 0.3) is 5.69 Å². The van der Waals surface area contributed by atoms with Gasteiger partial charge in [-0.15, -0.1) is 0 Å². The molecule has 2 aromatic carbocycles. The number of ketones is 1. The highest BCUT2D eigenvalue weighted by atomic mass is 16.6. The van der Waals surface area contributed by atoms with E-state index in [1.807, 2.05) is 29.8 Å². The summed E-state index contributed by atoms with van der Waals surface area (Å²) in [5.41, 5.74) is 4.01. The van der Waals surface area contributed by atoms with Gasteiger partial charge in [0.1, 0.15) is 7.05 Å². The minimum Gasteiger partial charge on any atom is -0.871 e. The van der Waals surface area contributed by atoms with Crippen LogP contribution in [0.5, 0.6) is 0 Å². The van der Waals surface area contributed by atoms with Crippen LogP contribution in [0, 0.1) is 10.1 Å². The van der Waals surface area contributed by atoms with Gasteiger partial charge in [-0.05, 0) is 19.9 Å². The number of allylic oxidation sites excluding steroid dienone is 3. The molecule has 0 atom stereocenters. The van der Waals surface area contributed by atoms with E-state index in [9.17, 15) is 20.0 Å². The molecular formula is C25H21N3O4. The van der Waals surface area contributed by atoms with Crippen molar-refractivity contribution < 1.29 is 19.4 Å². The summed E-state index contributed by atoms with van der Waals surface area (Å²) < 4.78 is 3.78. The zero-order valence-corrected chi connectivity index (χ0v) is 18.2. The van der Waals surface area contributed by atoms with Crippen LogP contribution in [0.1, 0.15) is 25.0 Å². The van der Waals surface area contributed by atoms with Gasteiger partial charge in [-0.25, -0.2) is 0 Å². The van der Waals surface area contributed by atoms with E-state index < -0.39 is 4.92 Å². The first-order chi connectivity index (χ1) is 15.1. The molecule has 0 saturated carbocycles. The maximum absolute atomic E-state index is 13.1. The van der Waals surface area contributed by atoms with Crippen molar-refractivity contribution in [3.8, 4) is 0 Å². The minimum absolute atomic E-state index is 0.0804. The van der Waals surface area contributed by atoms with Crippen LogP contribution in [0.25, 0.3) is 16.5 Å². The molecule has 1 aliphatic heterocycles. The number of carbonyl (C=O) groups is 1. The second-order valence-corrected chi connectivity index (χ2v) is 8.79. The molecule has 0 fully saturated rings. The lowest BCUT2D eigenvalue weighted by molar-refractivity contribution is -0.401. The predicted octanol–water partition coefficient (Wildman–Crippen LogP) is 3.37. The molecule has 3 aromatic rings. The molecule has 1 aromatic heterocycles. The van der Waals surface area contributed by atoms with E-state index in [1.54, 1.807) is 30.0 Å². The number of para-hydroxylation sites is 1. The average Bonchev–Trinajstić information content (AvgIpc) is 3.18. The number of aryl methyl sites for hydroxylation is 1. The third kappa shape index (κ3) is 2.54. The molecule has 5 rings (SSSR count). The van der Waals surface area contributed by atoms with Crippen molar-refractivity contribution in [2.45, 2.75) is 19.3 Å². The number of hydrogen-bond acceptors (Lipinski definition) is 4. The molecule has 0 saturated heterocycles. The molecule has 160 valence electrons. The summed E-state index contributed by atoms with van der Waals surface area (Å²) in [6, 6.07) is 12.5. The Balaban J connectivity index is 1.63. The zero-order chi connectivity index (χ0) is 22.9. The molecule has 0 radical (unpaired) electrons. The fraction of sp³-hybridized carbons (Fsp3) is 0.200. The van der Waals surface area contributed by atoms with Crippen molar-refractivity contribution in [2.24, 2.45) is 7.05 Å². The van der Waals surface area contributed by atoms with Crippen LogP contribution < -0.4 is 5.11 Å². The number of nitro groups is 1. The Morgan fingerprint density at radius 1 is 1.16 bits per heavy atom. The summed E-state index contributed by atoms with van der Waals surface area (Å²) in [7, 11) is 3.72. The number of nitrogens with zero attached hydrogens (tertiary/aromatic N) is 3. The van der Waals surface area contributed by atoms with Crippen LogP contribution in [0.4, 0.5) is 11.4 Å². The molecule has 2 heterocycles. The maximum Gasteiger partial charge on any atom is 0.270 e. The molecule has 0 spiro atoms. The number of carbonyl (C=O) groups excluding carboxylic acids is 1. The van der Waals surface area contributed by atoms with Crippen molar-refractivity contribution in [3.63, 3.8) is 0 Å². The van der Waals surface area contributed by atoms with Gasteiger partial charge in [0, 0.05) is 70.7 Å². The van der Waals surface area contributed by atoms with Crippen molar-refractivity contribution in [2.75, 3.05) is 7.05 Å². The molecule has 1 aliphatic carbocycles. The number of aromatic nitrogens is 1. The van der Waals surface area contributed by atoms with E-state index in [-0.39, 0.29) is 33.8 Å². The zero-order valence-electron chi connectivity index (χ0n) is 18.2. The molecule has 0 N–H and O–H groups in total. The van der Waals surface area contributed by atoms with Gasteiger partial charge >= 0.3 is 0 Å². The quantitative estimate of drug-likeness (QED) is 0.277. The van der Waals surface area contributed by atoms with Gasteiger partial charge in [-0.3, -0.25) is 14.9 Å². The number of benzene rings is 2. The first-order valence-corrected chi connectivity index (χ1v) is 10.3. The molecule has 32 heavy (non-hydrogen) atoms. The van der Waals surface area contributed by atoms with E-state index >= 15 is 0 Å². The van der Waals surface area contributed by atoms with Gasteiger partial charge < -0.3 is 9.67 Å². The first kappa shape index (κ1) is 19.9. The number of nitro benzene ring substituents is 1. The second kappa shape index (κ2) is 6.50. The predicted molar refractivity (Wildman–Crippen MR) is 120 cm³/mol. The fourth-order valence-corrected chi connectivity index (χ4v) is 4.88. The van der Waals surface area contributed by atoms with E-state index in [4.69, 9.17) is 0 Å². The number of rotatable bonds is 3. The Morgan fingerprint density at radius 2 is 1.88 bits per heavy atom. The third-order valence-corrected chi connectivity index (χ3v) is 6.62. The number of non-ortho nitro benzene ring substituents is 1. The Bertz CT molecular complexity index is 1470. The normalized spacial score (nSPS) is 18.5. The summed E-state index contributed by atoms with van der Waals surface area (Å²) in [4.78, 5) is 23.9. The fourth-order valence-electron chi connectivity index (χ4n) is 4.88. The molecule has 0 amide bonds. The number of hydrogen-bond donors (Lipinski definition) is 0. The van der Waals surface area contributed by atoms with Crippen LogP contribution >= 0.6 is 0 Å². The topological polar surface area (TPSA) is 91.2 Å². The third-order valence-electron chi connectivity index (χ3n) is 6.62. The Kier molecular flexibility index (Phi) is 4.05. The molecule has 7 heteroatoms. The Labute approximate surface area is 184 Å². The van der Waals surface area contributed by atoms with Crippen molar-refractivity contribution in [1.82, 2.24) is 4.57 Å². The highest BCUT2D eigenvalue weighted by Crippen LogP contribution is 2.43. The highest BCUT2D eigenvalue weighted by Gasteiger charge is 2.44. The summed E-state index contributed by atoms with van der Waals surface area (Å²) in [6.07, 6.45) is 3.38. The van der Waals surface area contributed by atoms with Gasteiger partial charge in [0.15, 0.2) is 11.5 Å². The van der Waals surface area contributed by atoms with E-state index in [2.05, 4.69) is 19.9 Å². The lowest BCUT2D eigenvalue weighted by Crippen LogP contribution is -2.33. The lowest BCUT2D eigenvalue weighted by Gasteiger charge is -2.30. The summed E-state index contributed by atoms with van der Waals surface area (Å²) >= 11 is 0. The van der Waals surface area contributed by atoms with Crippen LogP contribution in [0.3, 0.4) is 0 Å². The largest absolute Gasteiger partial charge is 0.871 e. The van der Waals surface area contributed by atoms with Gasteiger partial charge in [-0.2, -0.15) is 4.58 Å². The minimum atomic E-state index is -0.483. The van der Waals surface area contributed by atoms with Crippen molar-refractivity contribution in [1.29, 1.82) is 0 Å². The summed E-state index contributed by atoms with van der Waals surface area (Å²) in [5.74, 6) is -0.664. The van der Waals surface area contributed by atoms with Crippen molar-refractivity contribution in [3.05, 3.63) is 87.3 Å². The first-order valence-electron chi connectivity index (χ1n) is 10.3. The van der Waals surface area contributed by atoms with E-state index in [0.29, 0.717) is 10.9 Å². The second-order valence-electron chi connectivity index (χ2n) is 8.79. The van der Waals surface area contributed by atoms with Crippen LogP contribution in [-0.4, -0.2) is 32.6 Å². The number of fused-ring (bicyclic) bond motifs is 2. The molecule has 0 bridgehead atoms. The van der Waals surface area contributed by atoms with Gasteiger partial charge in [0.2, 0.25) is 5.69 Å². The van der Waals surface area contributed by atoms with E-state index in [1.165, 1.54) is 12.1 Å². The average molecular weight is 427 g/mol. The molecule has 2 aliphatic rings. The maximum atomic E-state index is 13.1. The monoisotopic (exact) mass is 427 g/mol. The SMILES string of the molecule is Cn1cc(C2=C([O-])/C(=C\C3=[N+](C)c4ccccc4C3(C)C)C2=O)c2cc([N+](=O)[O-])ccc21. The van der Waals surface area contributed by atoms with Gasteiger partial charge in [0.05, 0.1) is 10.3 Å². The lowest BCUT2D eigenvalue weighted by atomic mass is 9.77. The summed E-state index contributed by atoms with van der Waals surface area (Å²) in [5, 5.41) is 24.9. The van der Waals surface area contributed by atoms with Gasteiger partial charge in [-0.1, -0.05) is 24.0 Å². The molecule has 7 nitrogen and oxygen atoms in total. The van der Waals surface area contributed by atoms with E-state index in [0.717, 1.165) is 22.5 Å². The Morgan fingerprint density at radius 3 is 2.53 bits per heavy atom. The van der Waals surface area contributed by atoms with Crippen molar-refractivity contribution >= 4 is 39.3 Å². The highest BCUT2D eigenvalue weighted by molar-refractivity contribution is 6.41. The van der Waals surface area contributed by atoms with Crippen LogP contribution in [-0.2, 0) is 17.3 Å². The van der Waals surface area contributed by atoms with Crippen LogP contribution in [0.15, 0.2) is 66.1 Å². The summed E-state index contributed by atoms with van der Waals surface area (Å²) in [6.45, 7) is 4.15. The standard InChI is InChI=1S/C25H21N3O4/c1-25(2)18-7-5-6-8-20(18)27(4)21(25)12-16-23(29)22(24(16)30)17-13-26(3)19-10-9-14(28(31)32)11-15(17)19/h5-13H,1-4H3.